The van der Waals surface area contributed by atoms with E-state index in [0.29, 0.717) is 12.2 Å². The topological polar surface area (TPSA) is 61.0 Å². The average molecular weight is 361 g/mol. The number of rotatable bonds is 1. The number of nitrogens with one attached hydrogen (secondary N) is 2. The van der Waals surface area contributed by atoms with Gasteiger partial charge in [-0.2, -0.15) is 5.10 Å². The molecule has 22 heavy (non-hydrogen) atoms. The lowest BCUT2D eigenvalue weighted by atomic mass is 9.99. The van der Waals surface area contributed by atoms with Gasteiger partial charge in [-0.3, -0.25) is 9.89 Å². The molecule has 2 aliphatic heterocycles. The number of amides is 1. The number of aromatic nitrogens is 2. The SMILES string of the molecule is O=C(c1n[nH]c2c1CNCC2)N1CCc2c(Br)cccc2C1. The van der Waals surface area contributed by atoms with E-state index >= 15 is 0 Å². The quantitative estimate of drug-likeness (QED) is 0.817. The normalized spacial score (nSPS) is 17.0. The molecule has 2 N–H and O–H groups in total. The van der Waals surface area contributed by atoms with Crippen molar-refractivity contribution >= 4 is 21.8 Å². The summed E-state index contributed by atoms with van der Waals surface area (Å²) in [6, 6.07) is 6.18. The summed E-state index contributed by atoms with van der Waals surface area (Å²) in [6.07, 6.45) is 1.79. The molecule has 0 atom stereocenters. The summed E-state index contributed by atoms with van der Waals surface area (Å²) in [6.45, 7) is 3.06. The minimum Gasteiger partial charge on any atom is -0.333 e. The van der Waals surface area contributed by atoms with Crippen molar-refractivity contribution in [2.24, 2.45) is 0 Å². The van der Waals surface area contributed by atoms with Gasteiger partial charge in [0.1, 0.15) is 0 Å². The van der Waals surface area contributed by atoms with Crippen LogP contribution in [0.1, 0.15) is 32.9 Å². The minimum atomic E-state index is 0.0341. The highest BCUT2D eigenvalue weighted by Crippen LogP contribution is 2.27. The number of carbonyl (C=O) groups excluding carboxylic acids is 1. The summed E-state index contributed by atoms with van der Waals surface area (Å²) in [7, 11) is 0. The van der Waals surface area contributed by atoms with Gasteiger partial charge in [-0.15, -0.1) is 0 Å². The van der Waals surface area contributed by atoms with Crippen LogP contribution in [0.25, 0.3) is 0 Å². The van der Waals surface area contributed by atoms with Crippen molar-refractivity contribution in [3.63, 3.8) is 0 Å². The highest BCUT2D eigenvalue weighted by molar-refractivity contribution is 9.10. The maximum atomic E-state index is 12.8. The van der Waals surface area contributed by atoms with Crippen LogP contribution in [-0.4, -0.2) is 34.1 Å². The molecule has 2 aliphatic rings. The predicted octanol–water partition coefficient (Wildman–Crippen LogP) is 2.02. The number of nitrogens with zero attached hydrogens (tertiary/aromatic N) is 2. The van der Waals surface area contributed by atoms with Crippen LogP contribution in [0.4, 0.5) is 0 Å². The fraction of sp³-hybridized carbons (Fsp3) is 0.375. The van der Waals surface area contributed by atoms with Crippen LogP contribution in [0.3, 0.4) is 0 Å². The van der Waals surface area contributed by atoms with Crippen molar-refractivity contribution < 1.29 is 4.79 Å². The summed E-state index contributed by atoms with van der Waals surface area (Å²) in [5, 5.41) is 10.6. The molecule has 2 aromatic rings. The average Bonchev–Trinajstić information content (AvgIpc) is 2.98. The smallest absolute Gasteiger partial charge is 0.275 e. The van der Waals surface area contributed by atoms with Gasteiger partial charge in [0.2, 0.25) is 0 Å². The molecule has 5 nitrogen and oxygen atoms in total. The zero-order valence-electron chi connectivity index (χ0n) is 12.2. The summed E-state index contributed by atoms with van der Waals surface area (Å²) in [5.74, 6) is 0.0341. The van der Waals surface area contributed by atoms with Crippen LogP contribution in [0.15, 0.2) is 22.7 Å². The van der Waals surface area contributed by atoms with Crippen LogP contribution < -0.4 is 5.32 Å². The first-order valence-electron chi connectivity index (χ1n) is 7.56. The molecule has 4 rings (SSSR count). The van der Waals surface area contributed by atoms with Gasteiger partial charge in [0.25, 0.3) is 5.91 Å². The number of halogens is 1. The van der Waals surface area contributed by atoms with Crippen molar-refractivity contribution in [2.45, 2.75) is 25.9 Å². The van der Waals surface area contributed by atoms with Gasteiger partial charge in [0.15, 0.2) is 5.69 Å². The lowest BCUT2D eigenvalue weighted by Crippen LogP contribution is -2.37. The second-order valence-corrected chi connectivity index (χ2v) is 6.66. The van der Waals surface area contributed by atoms with E-state index in [-0.39, 0.29) is 5.91 Å². The van der Waals surface area contributed by atoms with E-state index in [0.717, 1.165) is 48.2 Å². The van der Waals surface area contributed by atoms with E-state index in [4.69, 9.17) is 0 Å². The lowest BCUT2D eigenvalue weighted by Gasteiger charge is -2.29. The second-order valence-electron chi connectivity index (χ2n) is 5.81. The Balaban J connectivity index is 1.61. The van der Waals surface area contributed by atoms with Gasteiger partial charge in [-0.25, -0.2) is 0 Å². The van der Waals surface area contributed by atoms with Crippen LogP contribution in [0.2, 0.25) is 0 Å². The van der Waals surface area contributed by atoms with Gasteiger partial charge in [-0.05, 0) is 23.6 Å². The Labute approximate surface area is 137 Å². The molecule has 0 aliphatic carbocycles. The molecule has 3 heterocycles. The Bertz CT molecular complexity index is 740. The number of hydrogen-bond acceptors (Lipinski definition) is 3. The highest BCUT2D eigenvalue weighted by atomic mass is 79.9. The maximum Gasteiger partial charge on any atom is 0.275 e. The summed E-state index contributed by atoms with van der Waals surface area (Å²) < 4.78 is 1.14. The molecule has 1 amide bonds. The van der Waals surface area contributed by atoms with Crippen molar-refractivity contribution in [3.05, 3.63) is 50.8 Å². The standard InChI is InChI=1S/C16H17BrN4O/c17-13-3-1-2-10-9-21(7-5-11(10)13)16(22)15-12-8-18-6-4-14(12)19-20-15/h1-3,18H,4-9H2,(H,19,20). The fourth-order valence-electron chi connectivity index (χ4n) is 3.29. The minimum absolute atomic E-state index is 0.0341. The van der Waals surface area contributed by atoms with Crippen molar-refractivity contribution in [3.8, 4) is 0 Å². The van der Waals surface area contributed by atoms with Gasteiger partial charge in [-0.1, -0.05) is 28.1 Å². The van der Waals surface area contributed by atoms with Crippen LogP contribution in [0.5, 0.6) is 0 Å². The molecule has 0 saturated carbocycles. The van der Waals surface area contributed by atoms with Gasteiger partial charge < -0.3 is 10.2 Å². The predicted molar refractivity (Wildman–Crippen MR) is 86.6 cm³/mol. The molecule has 0 spiro atoms. The molecular formula is C16H17BrN4O. The zero-order valence-corrected chi connectivity index (χ0v) is 13.7. The molecule has 0 saturated heterocycles. The number of benzene rings is 1. The number of hydrogen-bond donors (Lipinski definition) is 2. The number of aromatic amines is 1. The first-order valence-corrected chi connectivity index (χ1v) is 8.35. The molecule has 114 valence electrons. The first kappa shape index (κ1) is 14.0. The summed E-state index contributed by atoms with van der Waals surface area (Å²) in [4.78, 5) is 14.7. The largest absolute Gasteiger partial charge is 0.333 e. The van der Waals surface area contributed by atoms with Crippen LogP contribution >= 0.6 is 15.9 Å². The third-order valence-corrected chi connectivity index (χ3v) is 5.25. The Morgan fingerprint density at radius 2 is 2.18 bits per heavy atom. The zero-order chi connectivity index (χ0) is 15.1. The van der Waals surface area contributed by atoms with Gasteiger partial charge in [0, 0.05) is 48.3 Å². The van der Waals surface area contributed by atoms with E-state index in [1.165, 1.54) is 11.1 Å². The number of H-pyrrole nitrogens is 1. The molecule has 1 aromatic carbocycles. The summed E-state index contributed by atoms with van der Waals surface area (Å²) >= 11 is 3.60. The van der Waals surface area contributed by atoms with Crippen molar-refractivity contribution in [2.75, 3.05) is 13.1 Å². The maximum absolute atomic E-state index is 12.8. The van der Waals surface area contributed by atoms with E-state index in [2.05, 4.69) is 43.6 Å². The molecule has 1 aromatic heterocycles. The Kier molecular flexibility index (Phi) is 3.50. The van der Waals surface area contributed by atoms with E-state index in [1.54, 1.807) is 0 Å². The van der Waals surface area contributed by atoms with Gasteiger partial charge in [0.05, 0.1) is 0 Å². The third kappa shape index (κ3) is 2.27. The van der Waals surface area contributed by atoms with Crippen molar-refractivity contribution in [1.82, 2.24) is 20.4 Å². The fourth-order valence-corrected chi connectivity index (χ4v) is 3.89. The molecule has 0 bridgehead atoms. The lowest BCUT2D eigenvalue weighted by molar-refractivity contribution is 0.0727. The molecular weight excluding hydrogens is 344 g/mol. The highest BCUT2D eigenvalue weighted by Gasteiger charge is 2.28. The number of carbonyl (C=O) groups is 1. The molecule has 0 radical (unpaired) electrons. The van der Waals surface area contributed by atoms with Gasteiger partial charge >= 0.3 is 0 Å². The monoisotopic (exact) mass is 360 g/mol. The second kappa shape index (κ2) is 5.52. The Morgan fingerprint density at radius 1 is 1.27 bits per heavy atom. The molecule has 0 fully saturated rings. The molecule has 0 unspecified atom stereocenters. The van der Waals surface area contributed by atoms with E-state index in [9.17, 15) is 4.79 Å². The van der Waals surface area contributed by atoms with Crippen LogP contribution in [-0.2, 0) is 25.9 Å². The Hall–Kier alpha value is -1.66. The van der Waals surface area contributed by atoms with Crippen molar-refractivity contribution in [1.29, 1.82) is 0 Å². The summed E-state index contributed by atoms with van der Waals surface area (Å²) in [5.41, 5.74) is 5.26. The third-order valence-electron chi connectivity index (χ3n) is 4.50. The number of fused-ring (bicyclic) bond motifs is 2. The van der Waals surface area contributed by atoms with Crippen LogP contribution in [0, 0.1) is 0 Å². The molecule has 6 heteroatoms. The Morgan fingerprint density at radius 3 is 3.09 bits per heavy atom. The first-order chi connectivity index (χ1) is 10.7. The van der Waals surface area contributed by atoms with E-state index in [1.807, 2.05) is 11.0 Å². The van der Waals surface area contributed by atoms with E-state index < -0.39 is 0 Å².